The third kappa shape index (κ3) is 3.73. The van der Waals surface area contributed by atoms with Crippen molar-refractivity contribution in [2.75, 3.05) is 12.3 Å². The summed E-state index contributed by atoms with van der Waals surface area (Å²) >= 11 is 0. The first-order chi connectivity index (χ1) is 13.6. The first kappa shape index (κ1) is 18.1. The number of hydrogen-bond acceptors (Lipinski definition) is 5. The number of likely N-dealkylation sites (tertiary alicyclic amines) is 1. The third-order valence-corrected chi connectivity index (χ3v) is 5.21. The molecule has 0 saturated carbocycles. The monoisotopic (exact) mass is 374 g/mol. The number of anilines is 1. The van der Waals surface area contributed by atoms with Crippen molar-refractivity contribution < 1.29 is 9.90 Å². The van der Waals surface area contributed by atoms with Crippen LogP contribution in [0.1, 0.15) is 40.5 Å². The Labute approximate surface area is 163 Å². The molecule has 28 heavy (non-hydrogen) atoms. The van der Waals surface area contributed by atoms with E-state index in [0.717, 1.165) is 42.8 Å². The summed E-state index contributed by atoms with van der Waals surface area (Å²) in [6.45, 7) is 1.83. The largest absolute Gasteiger partial charge is 0.478 e. The van der Waals surface area contributed by atoms with Gasteiger partial charge in [0.05, 0.1) is 17.3 Å². The molecule has 0 radical (unpaired) electrons. The molecular formula is C22H22N4O2. The fraction of sp³-hybridized carbons (Fsp3) is 0.227. The van der Waals surface area contributed by atoms with Gasteiger partial charge in [0.2, 0.25) is 5.95 Å². The van der Waals surface area contributed by atoms with Crippen molar-refractivity contribution >= 4 is 11.9 Å². The lowest BCUT2D eigenvalue weighted by molar-refractivity contribution is 0.0697. The van der Waals surface area contributed by atoms with Gasteiger partial charge in [-0.2, -0.15) is 0 Å². The van der Waals surface area contributed by atoms with Gasteiger partial charge in [0.25, 0.3) is 0 Å². The Morgan fingerprint density at radius 1 is 1.14 bits per heavy atom. The van der Waals surface area contributed by atoms with E-state index >= 15 is 0 Å². The zero-order valence-electron chi connectivity index (χ0n) is 15.5. The Hall–Kier alpha value is -3.25. The van der Waals surface area contributed by atoms with Crippen LogP contribution in [0.4, 0.5) is 5.95 Å². The van der Waals surface area contributed by atoms with E-state index in [4.69, 9.17) is 5.73 Å². The van der Waals surface area contributed by atoms with Crippen LogP contribution in [0.5, 0.6) is 0 Å². The van der Waals surface area contributed by atoms with Gasteiger partial charge in [-0.1, -0.05) is 42.5 Å². The number of aromatic carboxylic acids is 1. The van der Waals surface area contributed by atoms with E-state index in [1.165, 1.54) is 5.56 Å². The summed E-state index contributed by atoms with van der Waals surface area (Å²) in [6.07, 6.45) is 3.89. The molecule has 6 nitrogen and oxygen atoms in total. The average Bonchev–Trinajstić information content (AvgIpc) is 3.17. The van der Waals surface area contributed by atoms with Crippen LogP contribution in [0.2, 0.25) is 0 Å². The molecule has 0 aliphatic carbocycles. The molecule has 1 aromatic heterocycles. The number of carboxylic acid groups (broad SMARTS) is 1. The summed E-state index contributed by atoms with van der Waals surface area (Å²) in [7, 11) is 0. The number of carbonyl (C=O) groups is 1. The molecule has 1 aliphatic rings. The molecule has 2 aromatic carbocycles. The highest BCUT2D eigenvalue weighted by Gasteiger charge is 2.27. The van der Waals surface area contributed by atoms with Gasteiger partial charge in [-0.3, -0.25) is 4.90 Å². The molecule has 1 fully saturated rings. The lowest BCUT2D eigenvalue weighted by Crippen LogP contribution is -2.23. The molecule has 0 unspecified atom stereocenters. The predicted octanol–water partition coefficient (Wildman–Crippen LogP) is 3.76. The Bertz CT molecular complexity index is 988. The van der Waals surface area contributed by atoms with E-state index in [0.29, 0.717) is 11.5 Å². The molecule has 0 spiro atoms. The van der Waals surface area contributed by atoms with E-state index in [1.54, 1.807) is 18.3 Å². The third-order valence-electron chi connectivity index (χ3n) is 5.21. The number of hydrogen-bond donors (Lipinski definition) is 2. The number of rotatable bonds is 5. The Morgan fingerprint density at radius 2 is 1.93 bits per heavy atom. The molecule has 142 valence electrons. The van der Waals surface area contributed by atoms with Gasteiger partial charge in [0.15, 0.2) is 0 Å². The summed E-state index contributed by atoms with van der Waals surface area (Å²) in [5, 5.41) is 9.40. The number of benzene rings is 2. The zero-order chi connectivity index (χ0) is 19.5. The molecule has 0 bridgehead atoms. The van der Waals surface area contributed by atoms with Crippen LogP contribution in [0.15, 0.2) is 60.8 Å². The lowest BCUT2D eigenvalue weighted by atomic mass is 9.98. The standard InChI is InChI=1S/C22H22N4O2/c23-22-24-12-11-19(25-22)20-6-3-13-26(20)14-15-7-9-16(10-8-15)17-4-1-2-5-18(17)21(27)28/h1-2,4-5,7-12,20H,3,6,13-14H2,(H,27,28)(H2,23,24,25)/t20-/m1/s1. The van der Waals surface area contributed by atoms with Crippen LogP contribution in [0.3, 0.4) is 0 Å². The molecule has 1 saturated heterocycles. The minimum Gasteiger partial charge on any atom is -0.478 e. The number of aromatic nitrogens is 2. The molecular weight excluding hydrogens is 352 g/mol. The quantitative estimate of drug-likeness (QED) is 0.706. The molecule has 4 rings (SSSR count). The van der Waals surface area contributed by atoms with Crippen molar-refractivity contribution in [2.24, 2.45) is 0 Å². The van der Waals surface area contributed by atoms with Gasteiger partial charge in [0, 0.05) is 12.7 Å². The van der Waals surface area contributed by atoms with Crippen molar-refractivity contribution in [1.82, 2.24) is 14.9 Å². The predicted molar refractivity (Wildman–Crippen MR) is 108 cm³/mol. The second-order valence-corrected chi connectivity index (χ2v) is 7.02. The normalized spacial score (nSPS) is 16.9. The maximum absolute atomic E-state index is 11.5. The molecule has 2 heterocycles. The summed E-state index contributed by atoms with van der Waals surface area (Å²) in [4.78, 5) is 22.2. The Kier molecular flexibility index (Phi) is 5.04. The van der Waals surface area contributed by atoms with Gasteiger partial charge in [-0.15, -0.1) is 0 Å². The molecule has 1 atom stereocenters. The number of carboxylic acids is 1. The minimum absolute atomic E-state index is 0.248. The number of nitrogen functional groups attached to an aromatic ring is 1. The van der Waals surface area contributed by atoms with Crippen LogP contribution >= 0.6 is 0 Å². The topological polar surface area (TPSA) is 92.3 Å². The lowest BCUT2D eigenvalue weighted by Gasteiger charge is -2.24. The van der Waals surface area contributed by atoms with Gasteiger partial charge < -0.3 is 10.8 Å². The summed E-state index contributed by atoms with van der Waals surface area (Å²) < 4.78 is 0. The molecule has 0 amide bonds. The van der Waals surface area contributed by atoms with E-state index in [-0.39, 0.29) is 6.04 Å². The second kappa shape index (κ2) is 7.78. The first-order valence-electron chi connectivity index (χ1n) is 9.36. The zero-order valence-corrected chi connectivity index (χ0v) is 15.5. The molecule has 1 aliphatic heterocycles. The van der Waals surface area contributed by atoms with E-state index in [9.17, 15) is 9.90 Å². The highest BCUT2D eigenvalue weighted by atomic mass is 16.4. The fourth-order valence-electron chi connectivity index (χ4n) is 3.87. The SMILES string of the molecule is Nc1nccc([C@H]2CCCN2Cc2ccc(-c3ccccc3C(=O)O)cc2)n1. The van der Waals surface area contributed by atoms with Crippen LogP contribution in [0, 0.1) is 0 Å². The highest BCUT2D eigenvalue weighted by Crippen LogP contribution is 2.32. The van der Waals surface area contributed by atoms with Crippen LogP contribution in [-0.2, 0) is 6.54 Å². The van der Waals surface area contributed by atoms with Gasteiger partial charge in [-0.05, 0) is 48.2 Å². The maximum atomic E-state index is 11.5. The number of nitrogens with two attached hydrogens (primary N) is 1. The summed E-state index contributed by atoms with van der Waals surface area (Å²) in [5.74, 6) is -0.602. The Balaban J connectivity index is 1.53. The molecule has 3 aromatic rings. The number of nitrogens with zero attached hydrogens (tertiary/aromatic N) is 3. The van der Waals surface area contributed by atoms with Gasteiger partial charge >= 0.3 is 5.97 Å². The Morgan fingerprint density at radius 3 is 2.68 bits per heavy atom. The fourth-order valence-corrected chi connectivity index (χ4v) is 3.87. The summed E-state index contributed by atoms with van der Waals surface area (Å²) in [6, 6.07) is 17.4. The smallest absolute Gasteiger partial charge is 0.336 e. The van der Waals surface area contributed by atoms with Crippen molar-refractivity contribution in [1.29, 1.82) is 0 Å². The van der Waals surface area contributed by atoms with Gasteiger partial charge in [0.1, 0.15) is 0 Å². The minimum atomic E-state index is -0.913. The van der Waals surface area contributed by atoms with Crippen LogP contribution in [0.25, 0.3) is 11.1 Å². The second-order valence-electron chi connectivity index (χ2n) is 7.02. The van der Waals surface area contributed by atoms with Crippen molar-refractivity contribution in [2.45, 2.75) is 25.4 Å². The van der Waals surface area contributed by atoms with Crippen LogP contribution in [-0.4, -0.2) is 32.5 Å². The summed E-state index contributed by atoms with van der Waals surface area (Å²) in [5.41, 5.74) is 9.86. The maximum Gasteiger partial charge on any atom is 0.336 e. The van der Waals surface area contributed by atoms with Crippen molar-refractivity contribution in [3.63, 3.8) is 0 Å². The first-order valence-corrected chi connectivity index (χ1v) is 9.36. The van der Waals surface area contributed by atoms with Gasteiger partial charge in [-0.25, -0.2) is 14.8 Å². The molecule has 3 N–H and O–H groups in total. The van der Waals surface area contributed by atoms with E-state index in [1.807, 2.05) is 30.3 Å². The highest BCUT2D eigenvalue weighted by molar-refractivity contribution is 5.95. The van der Waals surface area contributed by atoms with E-state index in [2.05, 4.69) is 27.0 Å². The van der Waals surface area contributed by atoms with E-state index < -0.39 is 5.97 Å². The van der Waals surface area contributed by atoms with Crippen molar-refractivity contribution in [3.8, 4) is 11.1 Å². The van der Waals surface area contributed by atoms with Crippen molar-refractivity contribution in [3.05, 3.63) is 77.6 Å². The average molecular weight is 374 g/mol. The van der Waals surface area contributed by atoms with Crippen LogP contribution < -0.4 is 5.73 Å². The molecule has 6 heteroatoms.